The van der Waals surface area contributed by atoms with Gasteiger partial charge in [0.15, 0.2) is 11.5 Å². The summed E-state index contributed by atoms with van der Waals surface area (Å²) in [5.74, 6) is 1.21. The lowest BCUT2D eigenvalue weighted by Gasteiger charge is -2.16. The van der Waals surface area contributed by atoms with Gasteiger partial charge >= 0.3 is 6.30 Å². The van der Waals surface area contributed by atoms with E-state index in [-0.39, 0.29) is 13.2 Å². The fourth-order valence-corrected chi connectivity index (χ4v) is 1.75. The monoisotopic (exact) mass is 247 g/mol. The number of hydrogen-bond acceptors (Lipinski definition) is 3. The van der Waals surface area contributed by atoms with Crippen LogP contribution in [0.25, 0.3) is 0 Å². The summed E-state index contributed by atoms with van der Waals surface area (Å²) in [7, 11) is 0. The maximum Gasteiger partial charge on any atom is 0.457 e. The van der Waals surface area contributed by atoms with Crippen LogP contribution in [-0.2, 0) is 6.42 Å². The van der Waals surface area contributed by atoms with Gasteiger partial charge in [0, 0.05) is 6.04 Å². The highest BCUT2D eigenvalue weighted by Crippen LogP contribution is 2.32. The molecule has 1 atom stereocenters. The van der Waals surface area contributed by atoms with Crippen LogP contribution in [0, 0.1) is 0 Å². The summed E-state index contributed by atoms with van der Waals surface area (Å²) >= 11 is 0. The summed E-state index contributed by atoms with van der Waals surface area (Å²) < 4.78 is 46.5. The van der Waals surface area contributed by atoms with Crippen molar-refractivity contribution in [2.75, 3.05) is 6.79 Å². The molecule has 94 valence electrons. The van der Waals surface area contributed by atoms with Crippen molar-refractivity contribution in [1.82, 2.24) is 5.32 Å². The Morgan fingerprint density at radius 2 is 2.00 bits per heavy atom. The number of hydrogen-bond donors (Lipinski definition) is 1. The van der Waals surface area contributed by atoms with Crippen molar-refractivity contribution in [3.63, 3.8) is 0 Å². The van der Waals surface area contributed by atoms with E-state index < -0.39 is 12.3 Å². The SMILES string of the molecule is CC(Cc1ccc2c(c1)OCO2)NC(F)(F)F. The molecule has 0 amide bonds. The number of alkyl halides is 3. The van der Waals surface area contributed by atoms with Crippen LogP contribution in [0.3, 0.4) is 0 Å². The average molecular weight is 247 g/mol. The summed E-state index contributed by atoms with van der Waals surface area (Å²) in [6.45, 7) is 1.65. The fourth-order valence-electron chi connectivity index (χ4n) is 1.75. The molecule has 1 aliphatic rings. The molecule has 17 heavy (non-hydrogen) atoms. The maximum absolute atomic E-state index is 12.1. The van der Waals surface area contributed by atoms with E-state index in [9.17, 15) is 13.2 Å². The quantitative estimate of drug-likeness (QED) is 0.832. The standard InChI is InChI=1S/C11H12F3NO2/c1-7(15-11(12,13)14)4-8-2-3-9-10(5-8)17-6-16-9/h2-3,5,7,15H,4,6H2,1H3. The average Bonchev–Trinajstić information content (AvgIpc) is 2.61. The fraction of sp³-hybridized carbons (Fsp3) is 0.455. The molecule has 1 aliphatic heterocycles. The molecule has 2 rings (SSSR count). The molecule has 0 spiro atoms. The van der Waals surface area contributed by atoms with Gasteiger partial charge in [-0.1, -0.05) is 6.07 Å². The largest absolute Gasteiger partial charge is 0.457 e. The number of rotatable bonds is 3. The Morgan fingerprint density at radius 3 is 2.71 bits per heavy atom. The first-order chi connectivity index (χ1) is 7.94. The Balaban J connectivity index is 1.99. The molecular weight excluding hydrogens is 235 g/mol. The first-order valence-corrected chi connectivity index (χ1v) is 5.17. The molecule has 0 aromatic heterocycles. The summed E-state index contributed by atoms with van der Waals surface area (Å²) in [6.07, 6.45) is -4.08. The van der Waals surface area contributed by atoms with Gasteiger partial charge in [0.2, 0.25) is 6.79 Å². The van der Waals surface area contributed by atoms with Crippen molar-refractivity contribution in [3.8, 4) is 11.5 Å². The summed E-state index contributed by atoms with van der Waals surface area (Å²) in [5.41, 5.74) is 0.776. The zero-order valence-corrected chi connectivity index (χ0v) is 9.17. The van der Waals surface area contributed by atoms with Gasteiger partial charge in [0.1, 0.15) is 0 Å². The van der Waals surface area contributed by atoms with Crippen LogP contribution in [0.2, 0.25) is 0 Å². The number of fused-ring (bicyclic) bond motifs is 1. The molecule has 1 aromatic carbocycles. The van der Waals surface area contributed by atoms with Crippen LogP contribution in [0.1, 0.15) is 12.5 Å². The van der Waals surface area contributed by atoms with Crippen LogP contribution in [-0.4, -0.2) is 19.1 Å². The van der Waals surface area contributed by atoms with Gasteiger partial charge in [-0.2, -0.15) is 13.2 Å². The van der Waals surface area contributed by atoms with Gasteiger partial charge in [-0.05, 0) is 31.0 Å². The summed E-state index contributed by atoms with van der Waals surface area (Å²) in [4.78, 5) is 0. The highest BCUT2D eigenvalue weighted by Gasteiger charge is 2.29. The Kier molecular flexibility index (Phi) is 3.15. The minimum Gasteiger partial charge on any atom is -0.454 e. The Morgan fingerprint density at radius 1 is 1.29 bits per heavy atom. The first-order valence-electron chi connectivity index (χ1n) is 5.17. The van der Waals surface area contributed by atoms with Crippen LogP contribution in [0.5, 0.6) is 11.5 Å². The molecule has 1 N–H and O–H groups in total. The van der Waals surface area contributed by atoms with Crippen molar-refractivity contribution >= 4 is 0 Å². The van der Waals surface area contributed by atoms with Crippen LogP contribution < -0.4 is 14.8 Å². The maximum atomic E-state index is 12.1. The molecule has 0 saturated heterocycles. The Bertz CT molecular complexity index is 406. The molecule has 0 radical (unpaired) electrons. The van der Waals surface area contributed by atoms with E-state index in [1.807, 2.05) is 0 Å². The molecule has 6 heteroatoms. The van der Waals surface area contributed by atoms with E-state index in [0.717, 1.165) is 5.56 Å². The Hall–Kier alpha value is -1.43. The third-order valence-corrected chi connectivity index (χ3v) is 2.39. The third-order valence-electron chi connectivity index (χ3n) is 2.39. The van der Waals surface area contributed by atoms with Crippen LogP contribution in [0.4, 0.5) is 13.2 Å². The molecule has 0 saturated carbocycles. The summed E-state index contributed by atoms with van der Waals surface area (Å²) in [5, 5.41) is 1.56. The zero-order valence-electron chi connectivity index (χ0n) is 9.17. The number of halogens is 3. The van der Waals surface area contributed by atoms with Crippen molar-refractivity contribution in [2.45, 2.75) is 25.7 Å². The molecule has 1 aromatic rings. The predicted molar refractivity (Wildman–Crippen MR) is 54.9 cm³/mol. The van der Waals surface area contributed by atoms with Gasteiger partial charge in [0.05, 0.1) is 0 Å². The number of benzene rings is 1. The van der Waals surface area contributed by atoms with Crippen molar-refractivity contribution in [3.05, 3.63) is 23.8 Å². The Labute approximate surface area is 96.5 Å². The third kappa shape index (κ3) is 3.26. The van der Waals surface area contributed by atoms with E-state index in [0.29, 0.717) is 11.5 Å². The lowest BCUT2D eigenvalue weighted by Crippen LogP contribution is -2.40. The summed E-state index contributed by atoms with van der Waals surface area (Å²) in [6, 6.07) is 4.46. The van der Waals surface area contributed by atoms with Gasteiger partial charge in [-0.3, -0.25) is 0 Å². The number of ether oxygens (including phenoxy) is 2. The van der Waals surface area contributed by atoms with Crippen molar-refractivity contribution in [1.29, 1.82) is 0 Å². The van der Waals surface area contributed by atoms with E-state index in [2.05, 4.69) is 0 Å². The van der Waals surface area contributed by atoms with Crippen molar-refractivity contribution in [2.24, 2.45) is 0 Å². The molecular formula is C11H12F3NO2. The van der Waals surface area contributed by atoms with Gasteiger partial charge < -0.3 is 9.47 Å². The van der Waals surface area contributed by atoms with E-state index in [4.69, 9.17) is 9.47 Å². The second-order valence-corrected chi connectivity index (χ2v) is 3.93. The minimum absolute atomic E-state index is 0.162. The minimum atomic E-state index is -4.35. The molecule has 0 aliphatic carbocycles. The second-order valence-electron chi connectivity index (χ2n) is 3.93. The first kappa shape index (κ1) is 12.0. The normalized spacial score (nSPS) is 16.0. The highest BCUT2D eigenvalue weighted by atomic mass is 19.4. The van der Waals surface area contributed by atoms with Gasteiger partial charge in [-0.15, -0.1) is 0 Å². The van der Waals surface area contributed by atoms with Crippen LogP contribution >= 0.6 is 0 Å². The molecule has 0 fully saturated rings. The van der Waals surface area contributed by atoms with Crippen molar-refractivity contribution < 1.29 is 22.6 Å². The molecule has 1 heterocycles. The predicted octanol–water partition coefficient (Wildman–Crippen LogP) is 2.46. The van der Waals surface area contributed by atoms with Gasteiger partial charge in [0.25, 0.3) is 0 Å². The van der Waals surface area contributed by atoms with E-state index in [1.54, 1.807) is 23.5 Å². The van der Waals surface area contributed by atoms with Gasteiger partial charge in [-0.25, -0.2) is 5.32 Å². The zero-order chi connectivity index (χ0) is 12.5. The molecule has 0 bridgehead atoms. The smallest absolute Gasteiger partial charge is 0.454 e. The van der Waals surface area contributed by atoms with Crippen LogP contribution in [0.15, 0.2) is 18.2 Å². The second kappa shape index (κ2) is 4.44. The molecule has 3 nitrogen and oxygen atoms in total. The molecule has 1 unspecified atom stereocenters. The topological polar surface area (TPSA) is 30.5 Å². The van der Waals surface area contributed by atoms with E-state index >= 15 is 0 Å². The number of nitrogens with one attached hydrogen (secondary N) is 1. The van der Waals surface area contributed by atoms with E-state index in [1.165, 1.54) is 6.92 Å². The lowest BCUT2D eigenvalue weighted by atomic mass is 10.1. The lowest BCUT2D eigenvalue weighted by molar-refractivity contribution is -0.162. The highest BCUT2D eigenvalue weighted by molar-refractivity contribution is 5.44.